The Labute approximate surface area is 104 Å². The third-order valence-electron chi connectivity index (χ3n) is 3.17. The summed E-state index contributed by atoms with van der Waals surface area (Å²) in [6.45, 7) is 10.9. The molecule has 1 saturated heterocycles. The summed E-state index contributed by atoms with van der Waals surface area (Å²) in [6.07, 6.45) is 4.24. The summed E-state index contributed by atoms with van der Waals surface area (Å²) >= 11 is 0. The molecule has 98 valence electrons. The van der Waals surface area contributed by atoms with Gasteiger partial charge < -0.3 is 10.6 Å². The van der Waals surface area contributed by atoms with Crippen molar-refractivity contribution >= 4 is 5.91 Å². The van der Waals surface area contributed by atoms with Crippen molar-refractivity contribution in [3.63, 3.8) is 0 Å². The van der Waals surface area contributed by atoms with Crippen LogP contribution in [0.4, 0.5) is 0 Å². The average Bonchev–Trinajstić information content (AvgIpc) is 2.36. The Morgan fingerprint density at radius 2 is 2.47 bits per heavy atom. The van der Waals surface area contributed by atoms with Crippen LogP contribution in [-0.4, -0.2) is 50.1 Å². The van der Waals surface area contributed by atoms with Crippen LogP contribution >= 0.6 is 0 Å². The van der Waals surface area contributed by atoms with Gasteiger partial charge in [-0.2, -0.15) is 0 Å². The lowest BCUT2D eigenvalue weighted by Crippen LogP contribution is -2.42. The zero-order chi connectivity index (χ0) is 12.5. The van der Waals surface area contributed by atoms with E-state index in [4.69, 9.17) is 0 Å². The maximum atomic E-state index is 11.6. The van der Waals surface area contributed by atoms with Gasteiger partial charge >= 0.3 is 0 Å². The van der Waals surface area contributed by atoms with Gasteiger partial charge in [0.15, 0.2) is 0 Å². The quantitative estimate of drug-likeness (QED) is 0.640. The predicted octanol–water partition coefficient (Wildman–Crippen LogP) is 0.610. The molecule has 0 saturated carbocycles. The van der Waals surface area contributed by atoms with Crippen molar-refractivity contribution in [1.82, 2.24) is 15.5 Å². The van der Waals surface area contributed by atoms with E-state index in [9.17, 15) is 4.79 Å². The lowest BCUT2D eigenvalue weighted by Gasteiger charge is -2.28. The van der Waals surface area contributed by atoms with Crippen LogP contribution < -0.4 is 10.6 Å². The smallest absolute Gasteiger partial charge is 0.234 e. The van der Waals surface area contributed by atoms with Gasteiger partial charge in [0.25, 0.3) is 0 Å². The Balaban J connectivity index is 2.26. The highest BCUT2D eigenvalue weighted by Gasteiger charge is 2.17. The topological polar surface area (TPSA) is 44.4 Å². The number of nitrogens with one attached hydrogen (secondary N) is 2. The summed E-state index contributed by atoms with van der Waals surface area (Å²) in [7, 11) is 0. The molecule has 1 fully saturated rings. The van der Waals surface area contributed by atoms with Crippen LogP contribution in [0.15, 0.2) is 12.7 Å². The van der Waals surface area contributed by atoms with E-state index in [-0.39, 0.29) is 5.91 Å². The largest absolute Gasteiger partial charge is 0.352 e. The Kier molecular flexibility index (Phi) is 6.89. The molecule has 1 atom stereocenters. The number of carbonyl (C=O) groups is 1. The van der Waals surface area contributed by atoms with Gasteiger partial charge in [0, 0.05) is 13.1 Å². The van der Waals surface area contributed by atoms with Crippen molar-refractivity contribution in [3.05, 3.63) is 12.7 Å². The number of rotatable bonds is 7. The summed E-state index contributed by atoms with van der Waals surface area (Å²) in [4.78, 5) is 13.8. The fraction of sp³-hybridized carbons (Fsp3) is 0.769. The standard InChI is InChI=1S/C13H25N3O/c1-3-7-15-13(17)11-16(4-2)10-12-6-5-8-14-9-12/h3,12,14H,1,4-11H2,2H3,(H,15,17). The number of hydrogen-bond acceptors (Lipinski definition) is 3. The number of piperidine rings is 1. The van der Waals surface area contributed by atoms with Gasteiger partial charge in [-0.15, -0.1) is 6.58 Å². The van der Waals surface area contributed by atoms with Crippen molar-refractivity contribution in [2.24, 2.45) is 5.92 Å². The van der Waals surface area contributed by atoms with E-state index in [1.807, 2.05) is 0 Å². The normalized spacial score (nSPS) is 20.2. The van der Waals surface area contributed by atoms with Gasteiger partial charge in [-0.05, 0) is 38.4 Å². The minimum absolute atomic E-state index is 0.0931. The van der Waals surface area contributed by atoms with E-state index >= 15 is 0 Å². The Morgan fingerprint density at radius 3 is 3.06 bits per heavy atom. The Bertz CT molecular complexity index is 237. The second-order valence-electron chi connectivity index (χ2n) is 4.63. The molecular formula is C13H25N3O. The van der Waals surface area contributed by atoms with Crippen LogP contribution in [0.1, 0.15) is 19.8 Å². The minimum Gasteiger partial charge on any atom is -0.352 e. The van der Waals surface area contributed by atoms with Gasteiger partial charge in [0.05, 0.1) is 6.54 Å². The molecule has 1 aliphatic rings. The summed E-state index contributed by atoms with van der Waals surface area (Å²) < 4.78 is 0. The lowest BCUT2D eigenvalue weighted by molar-refractivity contribution is -0.122. The summed E-state index contributed by atoms with van der Waals surface area (Å²) in [5.74, 6) is 0.784. The Hall–Kier alpha value is -0.870. The second kappa shape index (κ2) is 8.25. The summed E-state index contributed by atoms with van der Waals surface area (Å²) in [6, 6.07) is 0. The molecule has 0 spiro atoms. The molecule has 0 radical (unpaired) electrons. The number of carbonyl (C=O) groups excluding carboxylic acids is 1. The maximum absolute atomic E-state index is 11.6. The van der Waals surface area contributed by atoms with Gasteiger partial charge in [0.2, 0.25) is 5.91 Å². The lowest BCUT2D eigenvalue weighted by atomic mass is 9.99. The highest BCUT2D eigenvalue weighted by atomic mass is 16.2. The first kappa shape index (κ1) is 14.2. The van der Waals surface area contributed by atoms with E-state index in [1.54, 1.807) is 6.08 Å². The maximum Gasteiger partial charge on any atom is 0.234 e. The molecule has 2 N–H and O–H groups in total. The number of hydrogen-bond donors (Lipinski definition) is 2. The fourth-order valence-electron chi connectivity index (χ4n) is 2.20. The highest BCUT2D eigenvalue weighted by molar-refractivity contribution is 5.78. The van der Waals surface area contributed by atoms with Crippen LogP contribution in [-0.2, 0) is 4.79 Å². The molecule has 1 unspecified atom stereocenters. The van der Waals surface area contributed by atoms with E-state index in [0.717, 1.165) is 26.2 Å². The van der Waals surface area contributed by atoms with Crippen LogP contribution in [0.25, 0.3) is 0 Å². The molecule has 0 aromatic heterocycles. The summed E-state index contributed by atoms with van der Waals surface area (Å²) in [5, 5.41) is 6.23. The van der Waals surface area contributed by atoms with Gasteiger partial charge in [0.1, 0.15) is 0 Å². The SMILES string of the molecule is C=CCNC(=O)CN(CC)CC1CCCNC1. The van der Waals surface area contributed by atoms with Gasteiger partial charge in [-0.25, -0.2) is 0 Å². The number of amides is 1. The molecular weight excluding hydrogens is 214 g/mol. The monoisotopic (exact) mass is 239 g/mol. The average molecular weight is 239 g/mol. The Morgan fingerprint density at radius 1 is 1.65 bits per heavy atom. The van der Waals surface area contributed by atoms with Crippen molar-refractivity contribution in [2.45, 2.75) is 19.8 Å². The van der Waals surface area contributed by atoms with Crippen LogP contribution in [0.2, 0.25) is 0 Å². The van der Waals surface area contributed by atoms with E-state index < -0.39 is 0 Å². The van der Waals surface area contributed by atoms with Crippen molar-refractivity contribution in [2.75, 3.05) is 39.3 Å². The molecule has 4 nitrogen and oxygen atoms in total. The molecule has 0 aliphatic carbocycles. The fourth-order valence-corrected chi connectivity index (χ4v) is 2.20. The van der Waals surface area contributed by atoms with Crippen LogP contribution in [0.3, 0.4) is 0 Å². The zero-order valence-corrected chi connectivity index (χ0v) is 10.9. The third kappa shape index (κ3) is 5.84. The summed E-state index contributed by atoms with van der Waals surface area (Å²) in [5.41, 5.74) is 0. The van der Waals surface area contributed by atoms with Crippen molar-refractivity contribution in [1.29, 1.82) is 0 Å². The van der Waals surface area contributed by atoms with E-state index in [2.05, 4.69) is 29.0 Å². The first-order valence-corrected chi connectivity index (χ1v) is 6.57. The van der Waals surface area contributed by atoms with Crippen LogP contribution in [0, 0.1) is 5.92 Å². The van der Waals surface area contributed by atoms with E-state index in [1.165, 1.54) is 12.8 Å². The number of likely N-dealkylation sites (N-methyl/N-ethyl adjacent to an activating group) is 1. The molecule has 1 rings (SSSR count). The minimum atomic E-state index is 0.0931. The van der Waals surface area contributed by atoms with Gasteiger partial charge in [-0.1, -0.05) is 13.0 Å². The molecule has 1 amide bonds. The predicted molar refractivity (Wildman–Crippen MR) is 70.9 cm³/mol. The molecule has 0 aromatic carbocycles. The molecule has 0 bridgehead atoms. The number of nitrogens with zero attached hydrogens (tertiary/aromatic N) is 1. The van der Waals surface area contributed by atoms with Crippen molar-refractivity contribution < 1.29 is 4.79 Å². The second-order valence-corrected chi connectivity index (χ2v) is 4.63. The van der Waals surface area contributed by atoms with Gasteiger partial charge in [-0.3, -0.25) is 9.69 Å². The third-order valence-corrected chi connectivity index (χ3v) is 3.17. The highest BCUT2D eigenvalue weighted by Crippen LogP contribution is 2.11. The molecule has 0 aromatic rings. The van der Waals surface area contributed by atoms with Crippen molar-refractivity contribution in [3.8, 4) is 0 Å². The first-order chi connectivity index (χ1) is 8.26. The van der Waals surface area contributed by atoms with Crippen LogP contribution in [0.5, 0.6) is 0 Å². The molecule has 17 heavy (non-hydrogen) atoms. The molecule has 4 heteroatoms. The zero-order valence-electron chi connectivity index (χ0n) is 10.9. The molecule has 1 heterocycles. The molecule has 1 aliphatic heterocycles. The van der Waals surface area contributed by atoms with E-state index in [0.29, 0.717) is 19.0 Å². The first-order valence-electron chi connectivity index (χ1n) is 6.57.